The molecule has 0 aliphatic rings. The maximum atomic E-state index is 12.3. The number of hydrogen-bond donors (Lipinski definition) is 1. The van der Waals surface area contributed by atoms with Gasteiger partial charge >= 0.3 is 5.97 Å². The molecular weight excluding hydrogens is 358 g/mol. The van der Waals surface area contributed by atoms with Crippen molar-refractivity contribution in [3.8, 4) is 5.75 Å². The van der Waals surface area contributed by atoms with Crippen molar-refractivity contribution in [3.63, 3.8) is 0 Å². The largest absolute Gasteiger partial charge is 0.497 e. The molecule has 0 radical (unpaired) electrons. The Hall–Kier alpha value is -3.28. The van der Waals surface area contributed by atoms with Crippen LogP contribution in [0.1, 0.15) is 25.0 Å². The van der Waals surface area contributed by atoms with Crippen molar-refractivity contribution in [1.29, 1.82) is 0 Å². The fraction of sp³-hybridized carbons (Fsp3) is 0.273. The number of rotatable bonds is 7. The van der Waals surface area contributed by atoms with Gasteiger partial charge in [0.2, 0.25) is 0 Å². The number of benzene rings is 2. The number of fused-ring (bicyclic) bond motifs is 1. The number of ether oxygens (including phenoxy) is 2. The third-order valence-corrected chi connectivity index (χ3v) is 4.50. The van der Waals surface area contributed by atoms with Crippen molar-refractivity contribution in [3.05, 3.63) is 59.9 Å². The lowest BCUT2D eigenvalue weighted by Crippen LogP contribution is -2.30. The van der Waals surface area contributed by atoms with Crippen molar-refractivity contribution in [2.45, 2.75) is 32.8 Å². The van der Waals surface area contributed by atoms with Crippen LogP contribution in [0.15, 0.2) is 53.1 Å². The van der Waals surface area contributed by atoms with E-state index in [-0.39, 0.29) is 6.42 Å². The molecule has 0 bridgehead atoms. The van der Waals surface area contributed by atoms with E-state index in [0.717, 1.165) is 23.0 Å². The smallest absolute Gasteiger partial charge is 0.311 e. The Morgan fingerprint density at radius 1 is 1.14 bits per heavy atom. The number of methoxy groups -OCH3 is 1. The van der Waals surface area contributed by atoms with Gasteiger partial charge in [0.15, 0.2) is 6.10 Å². The van der Waals surface area contributed by atoms with Crippen molar-refractivity contribution in [2.75, 3.05) is 12.4 Å². The topological polar surface area (TPSA) is 77.8 Å². The molecule has 1 atom stereocenters. The molecule has 1 N–H and O–H groups in total. The molecule has 6 heteroatoms. The highest BCUT2D eigenvalue weighted by molar-refractivity contribution is 5.95. The zero-order chi connectivity index (χ0) is 20.1. The summed E-state index contributed by atoms with van der Waals surface area (Å²) in [7, 11) is 1.57. The minimum absolute atomic E-state index is 0.0403. The highest BCUT2D eigenvalue weighted by Crippen LogP contribution is 2.23. The number of esters is 1. The molecule has 0 aliphatic carbocycles. The first-order valence-corrected chi connectivity index (χ1v) is 9.13. The number of hydrogen-bond acceptors (Lipinski definition) is 5. The summed E-state index contributed by atoms with van der Waals surface area (Å²) < 4.78 is 15.9. The first-order valence-electron chi connectivity index (χ1n) is 9.13. The van der Waals surface area contributed by atoms with E-state index in [1.165, 1.54) is 12.5 Å². The van der Waals surface area contributed by atoms with E-state index in [1.807, 2.05) is 18.2 Å². The molecule has 2 aromatic carbocycles. The van der Waals surface area contributed by atoms with Crippen molar-refractivity contribution in [1.82, 2.24) is 0 Å². The highest BCUT2D eigenvalue weighted by atomic mass is 16.5. The minimum atomic E-state index is -0.917. The molecule has 0 saturated carbocycles. The molecule has 146 valence electrons. The Kier molecular flexibility index (Phi) is 5.99. The van der Waals surface area contributed by atoms with E-state index in [1.54, 1.807) is 37.6 Å². The van der Waals surface area contributed by atoms with Gasteiger partial charge in [-0.05, 0) is 49.2 Å². The van der Waals surface area contributed by atoms with Gasteiger partial charge in [0.25, 0.3) is 5.91 Å². The van der Waals surface area contributed by atoms with Crippen LogP contribution in [-0.2, 0) is 27.2 Å². The van der Waals surface area contributed by atoms with Gasteiger partial charge in [-0.3, -0.25) is 9.59 Å². The molecule has 6 nitrogen and oxygen atoms in total. The van der Waals surface area contributed by atoms with Crippen LogP contribution in [0.4, 0.5) is 5.69 Å². The van der Waals surface area contributed by atoms with Crippen molar-refractivity contribution in [2.24, 2.45) is 0 Å². The van der Waals surface area contributed by atoms with Crippen LogP contribution < -0.4 is 10.1 Å². The third-order valence-electron chi connectivity index (χ3n) is 4.50. The number of carbonyl (C=O) groups is 2. The van der Waals surface area contributed by atoms with Crippen LogP contribution in [-0.4, -0.2) is 25.1 Å². The van der Waals surface area contributed by atoms with Gasteiger partial charge in [-0.25, -0.2) is 0 Å². The summed E-state index contributed by atoms with van der Waals surface area (Å²) in [4.78, 5) is 24.5. The van der Waals surface area contributed by atoms with Crippen molar-refractivity contribution < 1.29 is 23.5 Å². The second-order valence-corrected chi connectivity index (χ2v) is 6.47. The maximum Gasteiger partial charge on any atom is 0.311 e. The summed E-state index contributed by atoms with van der Waals surface area (Å²) in [5, 5.41) is 3.59. The predicted octanol–water partition coefficient (Wildman–Crippen LogP) is 4.12. The second-order valence-electron chi connectivity index (χ2n) is 6.47. The lowest BCUT2D eigenvalue weighted by Gasteiger charge is -2.13. The monoisotopic (exact) mass is 381 g/mol. The number of amides is 1. The first-order chi connectivity index (χ1) is 13.5. The van der Waals surface area contributed by atoms with Crippen LogP contribution in [0, 0.1) is 0 Å². The molecule has 0 aliphatic heterocycles. The SMILES string of the molecule is CCc1ccc2c(CC(=O)O[C@H](C)C(=O)Nc3ccc(OC)cc3)coc2c1. The van der Waals surface area contributed by atoms with E-state index in [9.17, 15) is 9.59 Å². The summed E-state index contributed by atoms with van der Waals surface area (Å²) in [6.07, 6.45) is 1.60. The molecule has 1 amide bonds. The van der Waals surface area contributed by atoms with Gasteiger partial charge in [0, 0.05) is 16.6 Å². The summed E-state index contributed by atoms with van der Waals surface area (Å²) in [5.41, 5.74) is 3.25. The molecule has 3 aromatic rings. The van der Waals surface area contributed by atoms with Gasteiger partial charge in [-0.2, -0.15) is 0 Å². The fourth-order valence-electron chi connectivity index (χ4n) is 2.85. The lowest BCUT2D eigenvalue weighted by molar-refractivity contribution is -0.152. The molecule has 1 heterocycles. The Morgan fingerprint density at radius 3 is 2.57 bits per heavy atom. The average molecular weight is 381 g/mol. The summed E-state index contributed by atoms with van der Waals surface area (Å²) in [6.45, 7) is 3.61. The predicted molar refractivity (Wildman–Crippen MR) is 106 cm³/mol. The Morgan fingerprint density at radius 2 is 1.89 bits per heavy atom. The summed E-state index contributed by atoms with van der Waals surface area (Å²) in [6, 6.07) is 12.8. The van der Waals surface area contributed by atoms with Crippen LogP contribution in [0.5, 0.6) is 5.75 Å². The van der Waals surface area contributed by atoms with E-state index in [4.69, 9.17) is 13.9 Å². The molecule has 1 aromatic heterocycles. The van der Waals surface area contributed by atoms with Crippen LogP contribution in [0.25, 0.3) is 11.0 Å². The second kappa shape index (κ2) is 8.61. The third kappa shape index (κ3) is 4.52. The van der Waals surface area contributed by atoms with Gasteiger partial charge in [-0.1, -0.05) is 19.1 Å². The van der Waals surface area contributed by atoms with Crippen LogP contribution in [0.2, 0.25) is 0 Å². The first kappa shape index (κ1) is 19.5. The van der Waals surface area contributed by atoms with E-state index >= 15 is 0 Å². The van der Waals surface area contributed by atoms with Crippen LogP contribution in [0.3, 0.4) is 0 Å². The molecule has 3 rings (SSSR count). The zero-order valence-corrected chi connectivity index (χ0v) is 16.2. The summed E-state index contributed by atoms with van der Waals surface area (Å²) in [5.74, 6) is -0.196. The van der Waals surface area contributed by atoms with E-state index in [2.05, 4.69) is 12.2 Å². The number of nitrogens with one attached hydrogen (secondary N) is 1. The van der Waals surface area contributed by atoms with Crippen molar-refractivity contribution >= 4 is 28.5 Å². The maximum absolute atomic E-state index is 12.3. The molecular formula is C22H23NO5. The van der Waals surface area contributed by atoms with Gasteiger partial charge < -0.3 is 19.2 Å². The Balaban J connectivity index is 1.58. The minimum Gasteiger partial charge on any atom is -0.497 e. The fourth-order valence-corrected chi connectivity index (χ4v) is 2.85. The van der Waals surface area contributed by atoms with Gasteiger partial charge in [-0.15, -0.1) is 0 Å². The van der Waals surface area contributed by atoms with Gasteiger partial charge in [0.05, 0.1) is 19.8 Å². The molecule has 0 saturated heterocycles. The molecule has 0 fully saturated rings. The normalized spacial score (nSPS) is 11.8. The number of furan rings is 1. The summed E-state index contributed by atoms with van der Waals surface area (Å²) >= 11 is 0. The average Bonchev–Trinajstić information content (AvgIpc) is 3.10. The molecule has 0 unspecified atom stereocenters. The quantitative estimate of drug-likeness (QED) is 0.623. The van der Waals surface area contributed by atoms with E-state index in [0.29, 0.717) is 11.4 Å². The van der Waals surface area contributed by atoms with Crippen LogP contribution >= 0.6 is 0 Å². The lowest BCUT2D eigenvalue weighted by atomic mass is 10.1. The molecule has 28 heavy (non-hydrogen) atoms. The number of carbonyl (C=O) groups excluding carboxylic acids is 2. The Labute approximate surface area is 163 Å². The standard InChI is InChI=1S/C22H23NO5/c1-4-15-5-10-19-16(13-27-20(19)11-15)12-21(24)28-14(2)22(25)23-17-6-8-18(26-3)9-7-17/h5-11,13-14H,4,12H2,1-3H3,(H,23,25)/t14-/m1/s1. The number of aryl methyl sites for hydroxylation is 1. The van der Waals surface area contributed by atoms with Gasteiger partial charge in [0.1, 0.15) is 11.3 Å². The Bertz CT molecular complexity index is 974. The van der Waals surface area contributed by atoms with E-state index < -0.39 is 18.0 Å². The highest BCUT2D eigenvalue weighted by Gasteiger charge is 2.19. The number of anilines is 1. The zero-order valence-electron chi connectivity index (χ0n) is 16.2. The molecule has 0 spiro atoms.